The van der Waals surface area contributed by atoms with E-state index in [1.54, 1.807) is 11.6 Å². The third-order valence-corrected chi connectivity index (χ3v) is 5.63. The van der Waals surface area contributed by atoms with E-state index >= 15 is 0 Å². The topological polar surface area (TPSA) is 66.9 Å². The third kappa shape index (κ3) is 2.95. The molecule has 148 valence electrons. The zero-order valence-corrected chi connectivity index (χ0v) is 16.9. The molecule has 1 aliphatic heterocycles. The van der Waals surface area contributed by atoms with Crippen LogP contribution >= 0.6 is 0 Å². The standard InChI is InChI=1S/C21H27N5O2/c1-4-5-6-12-26-19(27)17-18(23(3)21(26)28)22-20-24(13-7-14-25(17)20)16-10-8-15(2)9-11-16/h8-11H,4-7,12-14H2,1-3H3/p+1. The van der Waals surface area contributed by atoms with Crippen LogP contribution < -0.4 is 20.7 Å². The molecule has 1 N–H and O–H groups in total. The van der Waals surface area contributed by atoms with Gasteiger partial charge in [-0.3, -0.25) is 13.9 Å². The van der Waals surface area contributed by atoms with Gasteiger partial charge in [-0.25, -0.2) is 19.2 Å². The predicted molar refractivity (Wildman–Crippen MR) is 110 cm³/mol. The van der Waals surface area contributed by atoms with E-state index in [0.29, 0.717) is 17.7 Å². The molecule has 4 rings (SSSR count). The molecule has 3 aromatic rings. The average molecular weight is 382 g/mol. The highest BCUT2D eigenvalue weighted by atomic mass is 16.2. The molecule has 0 radical (unpaired) electrons. The van der Waals surface area contributed by atoms with Crippen molar-refractivity contribution in [3.05, 3.63) is 50.7 Å². The number of unbranched alkanes of at least 4 members (excludes halogenated alkanes) is 2. The van der Waals surface area contributed by atoms with E-state index in [1.165, 1.54) is 10.1 Å². The number of anilines is 2. The van der Waals surface area contributed by atoms with Crippen molar-refractivity contribution in [3.8, 4) is 0 Å². The van der Waals surface area contributed by atoms with Crippen LogP contribution in [0.25, 0.3) is 11.2 Å². The molecule has 3 heterocycles. The Bertz CT molecular complexity index is 1120. The zero-order chi connectivity index (χ0) is 19.8. The van der Waals surface area contributed by atoms with Crippen molar-refractivity contribution >= 4 is 22.8 Å². The monoisotopic (exact) mass is 382 g/mol. The van der Waals surface area contributed by atoms with Gasteiger partial charge in [-0.2, -0.15) is 0 Å². The summed E-state index contributed by atoms with van der Waals surface area (Å²) >= 11 is 0. The van der Waals surface area contributed by atoms with Crippen LogP contribution in [0.5, 0.6) is 0 Å². The molecule has 0 aliphatic carbocycles. The summed E-state index contributed by atoms with van der Waals surface area (Å²) < 4.78 is 5.00. The molecule has 0 amide bonds. The van der Waals surface area contributed by atoms with Crippen molar-refractivity contribution in [2.24, 2.45) is 7.05 Å². The minimum Gasteiger partial charge on any atom is -0.267 e. The molecule has 1 aliphatic rings. The van der Waals surface area contributed by atoms with Crippen molar-refractivity contribution in [1.82, 2.24) is 14.1 Å². The Morgan fingerprint density at radius 1 is 1.14 bits per heavy atom. The highest BCUT2D eigenvalue weighted by Crippen LogP contribution is 2.26. The first-order chi connectivity index (χ1) is 13.5. The molecule has 0 saturated carbocycles. The van der Waals surface area contributed by atoms with Gasteiger partial charge in [0.2, 0.25) is 11.2 Å². The number of aromatic amines is 1. The van der Waals surface area contributed by atoms with E-state index in [-0.39, 0.29) is 11.2 Å². The van der Waals surface area contributed by atoms with E-state index in [1.807, 2.05) is 4.57 Å². The molecule has 0 fully saturated rings. The summed E-state index contributed by atoms with van der Waals surface area (Å²) in [6.07, 6.45) is 3.84. The Morgan fingerprint density at radius 2 is 1.89 bits per heavy atom. The number of benzene rings is 1. The SMILES string of the molecule is CCCCCn1c(=O)c2c([nH]c3[n+]2CCCN3c2ccc(C)cc2)n(C)c1=O. The van der Waals surface area contributed by atoms with Crippen LogP contribution in [-0.4, -0.2) is 20.7 Å². The van der Waals surface area contributed by atoms with Gasteiger partial charge in [-0.05, 0) is 25.5 Å². The summed E-state index contributed by atoms with van der Waals surface area (Å²) in [5, 5.41) is 0. The number of hydrogen-bond donors (Lipinski definition) is 1. The van der Waals surface area contributed by atoms with Gasteiger partial charge in [0.15, 0.2) is 0 Å². The van der Waals surface area contributed by atoms with Crippen molar-refractivity contribution in [1.29, 1.82) is 0 Å². The fourth-order valence-corrected chi connectivity index (χ4v) is 4.03. The number of hydrogen-bond acceptors (Lipinski definition) is 3. The Kier molecular flexibility index (Phi) is 4.83. The molecule has 1 aromatic carbocycles. The smallest absolute Gasteiger partial charge is 0.267 e. The van der Waals surface area contributed by atoms with Crippen LogP contribution in [0.2, 0.25) is 0 Å². The Hall–Kier alpha value is -2.83. The molecular weight excluding hydrogens is 354 g/mol. The number of nitrogens with zero attached hydrogens (tertiary/aromatic N) is 4. The lowest BCUT2D eigenvalue weighted by Crippen LogP contribution is -2.49. The summed E-state index contributed by atoms with van der Waals surface area (Å²) in [7, 11) is 1.74. The lowest BCUT2D eigenvalue weighted by atomic mass is 10.2. The van der Waals surface area contributed by atoms with Gasteiger partial charge in [0, 0.05) is 20.0 Å². The molecule has 7 nitrogen and oxygen atoms in total. The van der Waals surface area contributed by atoms with Crippen LogP contribution in [0, 0.1) is 6.92 Å². The first kappa shape index (κ1) is 18.5. The molecular formula is C21H28N5O2+. The van der Waals surface area contributed by atoms with Crippen LogP contribution in [0.1, 0.15) is 38.2 Å². The Balaban J connectivity index is 1.88. The second kappa shape index (κ2) is 7.30. The van der Waals surface area contributed by atoms with Crippen molar-refractivity contribution < 1.29 is 4.57 Å². The van der Waals surface area contributed by atoms with Gasteiger partial charge in [0.25, 0.3) is 5.56 Å². The number of imidazole rings is 1. The number of H-pyrrole nitrogens is 1. The largest absolute Gasteiger partial charge is 0.364 e. The van der Waals surface area contributed by atoms with Gasteiger partial charge < -0.3 is 0 Å². The van der Waals surface area contributed by atoms with Crippen LogP contribution in [0.15, 0.2) is 33.9 Å². The van der Waals surface area contributed by atoms with E-state index < -0.39 is 0 Å². The molecule has 28 heavy (non-hydrogen) atoms. The number of aryl methyl sites for hydroxylation is 3. The maximum atomic E-state index is 13.2. The second-order valence-corrected chi connectivity index (χ2v) is 7.64. The first-order valence-corrected chi connectivity index (χ1v) is 10.1. The summed E-state index contributed by atoms with van der Waals surface area (Å²) in [6.45, 7) is 6.29. The second-order valence-electron chi connectivity index (χ2n) is 7.64. The van der Waals surface area contributed by atoms with Crippen molar-refractivity contribution in [3.63, 3.8) is 0 Å². The van der Waals surface area contributed by atoms with Crippen LogP contribution in [0.3, 0.4) is 0 Å². The summed E-state index contributed by atoms with van der Waals surface area (Å²) in [5.74, 6) is 0.864. The molecule has 0 bridgehead atoms. The zero-order valence-electron chi connectivity index (χ0n) is 16.9. The summed E-state index contributed by atoms with van der Waals surface area (Å²) in [5.41, 5.74) is 3.03. The fraction of sp³-hybridized carbons (Fsp3) is 0.476. The molecule has 0 unspecified atom stereocenters. The number of fused-ring (bicyclic) bond motifs is 3. The fourth-order valence-electron chi connectivity index (χ4n) is 4.03. The number of aromatic nitrogens is 4. The van der Waals surface area contributed by atoms with Crippen molar-refractivity contribution in [2.75, 3.05) is 11.4 Å². The van der Waals surface area contributed by atoms with E-state index in [2.05, 4.69) is 48.0 Å². The van der Waals surface area contributed by atoms with Crippen molar-refractivity contribution in [2.45, 2.75) is 52.6 Å². The van der Waals surface area contributed by atoms with E-state index in [9.17, 15) is 9.59 Å². The lowest BCUT2D eigenvalue weighted by Gasteiger charge is -2.22. The number of rotatable bonds is 5. The van der Waals surface area contributed by atoms with Gasteiger partial charge in [0.05, 0.1) is 13.1 Å². The molecule has 2 aromatic heterocycles. The quantitative estimate of drug-likeness (QED) is 0.544. The average Bonchev–Trinajstić information content (AvgIpc) is 3.09. The highest BCUT2D eigenvalue weighted by Gasteiger charge is 2.33. The first-order valence-electron chi connectivity index (χ1n) is 10.1. The van der Waals surface area contributed by atoms with Crippen LogP contribution in [-0.2, 0) is 20.1 Å². The maximum absolute atomic E-state index is 13.2. The molecule has 7 heteroatoms. The summed E-state index contributed by atoms with van der Waals surface area (Å²) in [4.78, 5) is 31.5. The minimum atomic E-state index is -0.255. The molecule has 0 atom stereocenters. The predicted octanol–water partition coefficient (Wildman–Crippen LogP) is 2.36. The third-order valence-electron chi connectivity index (χ3n) is 5.63. The lowest BCUT2D eigenvalue weighted by molar-refractivity contribution is -0.663. The van der Waals surface area contributed by atoms with Gasteiger partial charge in [-0.15, -0.1) is 0 Å². The van der Waals surface area contributed by atoms with E-state index in [0.717, 1.165) is 50.4 Å². The Morgan fingerprint density at radius 3 is 2.61 bits per heavy atom. The van der Waals surface area contributed by atoms with Gasteiger partial charge in [-0.1, -0.05) is 37.5 Å². The highest BCUT2D eigenvalue weighted by molar-refractivity contribution is 5.70. The summed E-state index contributed by atoms with van der Waals surface area (Å²) in [6, 6.07) is 8.37. The Labute approximate surface area is 163 Å². The van der Waals surface area contributed by atoms with Gasteiger partial charge >= 0.3 is 11.6 Å². The molecule has 0 saturated heterocycles. The van der Waals surface area contributed by atoms with Gasteiger partial charge in [0.1, 0.15) is 5.69 Å². The maximum Gasteiger partial charge on any atom is 0.364 e. The number of nitrogens with one attached hydrogen (secondary N) is 1. The van der Waals surface area contributed by atoms with E-state index in [4.69, 9.17) is 0 Å². The van der Waals surface area contributed by atoms with Crippen LogP contribution in [0.4, 0.5) is 11.6 Å². The minimum absolute atomic E-state index is 0.192. The normalized spacial score (nSPS) is 13.9. The molecule has 0 spiro atoms.